The van der Waals surface area contributed by atoms with Crippen LogP contribution in [-0.4, -0.2) is 47.4 Å². The molecule has 0 saturated carbocycles. The Balaban J connectivity index is 2.19. The first-order chi connectivity index (χ1) is 16.1. The number of nitrogens with two attached hydrogens (primary N) is 3. The van der Waals surface area contributed by atoms with Crippen LogP contribution in [0.1, 0.15) is 36.1 Å². The van der Waals surface area contributed by atoms with Gasteiger partial charge in [-0.3, -0.25) is 15.2 Å². The molecule has 0 aliphatic carbocycles. The number of esters is 1. The Labute approximate surface area is 203 Å². The molecule has 0 bridgehead atoms. The Morgan fingerprint density at radius 1 is 1.24 bits per heavy atom. The van der Waals surface area contributed by atoms with Crippen LogP contribution >= 0.6 is 11.6 Å². The van der Waals surface area contributed by atoms with E-state index in [1.807, 2.05) is 6.92 Å². The molecular formula is C24H29ClN6O3. The molecule has 0 radical (unpaired) electrons. The van der Waals surface area contributed by atoms with Crippen molar-refractivity contribution >= 4 is 40.7 Å². The van der Waals surface area contributed by atoms with Crippen molar-refractivity contribution in [3.05, 3.63) is 65.2 Å². The van der Waals surface area contributed by atoms with Gasteiger partial charge in [0.25, 0.3) is 0 Å². The number of cyclic esters (lactones) is 1. The average Bonchev–Trinajstić information content (AvgIpc) is 2.79. The zero-order valence-corrected chi connectivity index (χ0v) is 19.9. The highest BCUT2D eigenvalue weighted by atomic mass is 35.5. The van der Waals surface area contributed by atoms with E-state index < -0.39 is 28.8 Å². The molecule has 0 spiro atoms. The van der Waals surface area contributed by atoms with Crippen LogP contribution in [0.15, 0.2) is 53.6 Å². The lowest BCUT2D eigenvalue weighted by Crippen LogP contribution is -2.54. The van der Waals surface area contributed by atoms with E-state index in [0.717, 1.165) is 5.56 Å². The number of nitrogens with one attached hydrogen (secondary N) is 1. The van der Waals surface area contributed by atoms with Crippen LogP contribution in [0.3, 0.4) is 0 Å². The maximum atomic E-state index is 13.0. The quantitative estimate of drug-likeness (QED) is 0.112. The van der Waals surface area contributed by atoms with Gasteiger partial charge in [-0.05, 0) is 36.6 Å². The number of amidine groups is 1. The number of hydrogen-bond acceptors (Lipinski definition) is 7. The first-order valence-corrected chi connectivity index (χ1v) is 11.2. The average molecular weight is 485 g/mol. The molecule has 180 valence electrons. The van der Waals surface area contributed by atoms with Crippen LogP contribution in [0.2, 0.25) is 0 Å². The number of amides is 1. The van der Waals surface area contributed by atoms with Crippen molar-refractivity contribution in [2.75, 3.05) is 19.3 Å². The summed E-state index contributed by atoms with van der Waals surface area (Å²) in [6.07, 6.45) is -0.835. The summed E-state index contributed by atoms with van der Waals surface area (Å²) in [5.74, 6) is -1.32. The molecule has 34 heavy (non-hydrogen) atoms. The van der Waals surface area contributed by atoms with Crippen molar-refractivity contribution in [2.24, 2.45) is 22.0 Å². The maximum absolute atomic E-state index is 13.0. The van der Waals surface area contributed by atoms with Gasteiger partial charge in [-0.15, -0.1) is 11.6 Å². The molecule has 2 aromatic carbocycles. The van der Waals surface area contributed by atoms with Gasteiger partial charge in [0.05, 0.1) is 5.38 Å². The Morgan fingerprint density at radius 3 is 2.47 bits per heavy atom. The third-order valence-corrected chi connectivity index (χ3v) is 6.59. The van der Waals surface area contributed by atoms with E-state index in [1.165, 1.54) is 0 Å². The lowest BCUT2D eigenvalue weighted by Gasteiger charge is -2.46. The van der Waals surface area contributed by atoms with Crippen molar-refractivity contribution in [3.8, 4) is 0 Å². The molecule has 1 amide bonds. The third kappa shape index (κ3) is 5.14. The van der Waals surface area contributed by atoms with Gasteiger partial charge in [0.2, 0.25) is 5.91 Å². The fourth-order valence-corrected chi connectivity index (χ4v) is 4.60. The third-order valence-electron chi connectivity index (χ3n) is 5.95. The Morgan fingerprint density at radius 2 is 1.91 bits per heavy atom. The number of hydrazone groups is 1. The molecule has 3 rings (SSSR count). The lowest BCUT2D eigenvalue weighted by atomic mass is 9.66. The largest absolute Gasteiger partial charge is 0.452 e. The molecule has 1 aliphatic heterocycles. The summed E-state index contributed by atoms with van der Waals surface area (Å²) in [5.41, 5.74) is 18.6. The summed E-state index contributed by atoms with van der Waals surface area (Å²) in [7, 11) is 1.71. The minimum Gasteiger partial charge on any atom is -0.452 e. The fraction of sp³-hybridized carbons (Fsp3) is 0.333. The van der Waals surface area contributed by atoms with Crippen molar-refractivity contribution in [1.82, 2.24) is 5.01 Å². The number of rotatable bonds is 8. The van der Waals surface area contributed by atoms with E-state index in [2.05, 4.69) is 5.10 Å². The van der Waals surface area contributed by atoms with Gasteiger partial charge < -0.3 is 21.9 Å². The highest BCUT2D eigenvalue weighted by Gasteiger charge is 2.56. The number of carbonyl (C=O) groups is 2. The maximum Gasteiger partial charge on any atom is 0.356 e. The van der Waals surface area contributed by atoms with Gasteiger partial charge in [0.15, 0.2) is 5.71 Å². The summed E-state index contributed by atoms with van der Waals surface area (Å²) in [6.45, 7) is 2.42. The van der Waals surface area contributed by atoms with E-state index in [0.29, 0.717) is 23.4 Å². The second-order valence-corrected chi connectivity index (χ2v) is 8.88. The molecule has 3 atom stereocenters. The predicted octanol–water partition coefficient (Wildman–Crippen LogP) is 2.17. The topological polar surface area (TPSA) is 161 Å². The molecule has 10 heteroatoms. The minimum atomic E-state index is -1.15. The molecule has 2 aromatic rings. The number of nitrogens with zero attached hydrogens (tertiary/aromatic N) is 2. The van der Waals surface area contributed by atoms with Crippen LogP contribution in [0.25, 0.3) is 0 Å². The second-order valence-electron chi connectivity index (χ2n) is 8.44. The van der Waals surface area contributed by atoms with Crippen LogP contribution in [0.4, 0.5) is 5.69 Å². The normalized spacial score (nSPS) is 23.4. The smallest absolute Gasteiger partial charge is 0.356 e. The van der Waals surface area contributed by atoms with E-state index in [9.17, 15) is 9.59 Å². The summed E-state index contributed by atoms with van der Waals surface area (Å²) >= 11 is 7.01. The van der Waals surface area contributed by atoms with Crippen molar-refractivity contribution in [1.29, 1.82) is 5.41 Å². The van der Waals surface area contributed by atoms with Crippen molar-refractivity contribution in [3.63, 3.8) is 0 Å². The van der Waals surface area contributed by atoms with Crippen LogP contribution in [-0.2, 0) is 20.7 Å². The molecule has 1 saturated heterocycles. The van der Waals surface area contributed by atoms with Gasteiger partial charge >= 0.3 is 5.97 Å². The molecule has 1 heterocycles. The molecule has 0 aromatic heterocycles. The number of nitrogen functional groups attached to an aromatic ring is 2. The van der Waals surface area contributed by atoms with Gasteiger partial charge in [0, 0.05) is 36.7 Å². The Bertz CT molecular complexity index is 1120. The summed E-state index contributed by atoms with van der Waals surface area (Å²) in [5, 5.41) is 12.6. The molecule has 9 nitrogen and oxygen atoms in total. The number of ether oxygens (including phenoxy) is 1. The monoisotopic (exact) mass is 484 g/mol. The summed E-state index contributed by atoms with van der Waals surface area (Å²) < 4.78 is 5.91. The first kappa shape index (κ1) is 25.0. The zero-order chi connectivity index (χ0) is 25.0. The SMILES string of the molecule is CCN(C)N=C1C(=O)OC(c2cccc(N)c2)C(CC(N)=O)(Cc2ccc(C(=N)N)cc2)C1Cl. The molecular weight excluding hydrogens is 456 g/mol. The number of carbonyl (C=O) groups excluding carboxylic acids is 2. The summed E-state index contributed by atoms with van der Waals surface area (Å²) in [6, 6.07) is 13.9. The standard InChI is InChI=1S/C24H29ClN6O3/c1-3-31(2)30-19-20(25)24(13-18(27)32,12-14-7-9-15(10-8-14)22(28)29)21(34-23(19)33)16-5-4-6-17(26)11-16/h4-11,20-21H,3,12-13,26H2,1-2H3,(H2,27,32)(H3,28,29). The number of anilines is 1. The van der Waals surface area contributed by atoms with Gasteiger partial charge in [-0.25, -0.2) is 4.79 Å². The number of alkyl halides is 1. The highest BCUT2D eigenvalue weighted by molar-refractivity contribution is 6.50. The minimum absolute atomic E-state index is 0.00720. The summed E-state index contributed by atoms with van der Waals surface area (Å²) in [4.78, 5) is 25.4. The fourth-order valence-electron chi connectivity index (χ4n) is 4.20. The Hall–Kier alpha value is -3.59. The highest BCUT2D eigenvalue weighted by Crippen LogP contribution is 2.51. The number of benzene rings is 2. The van der Waals surface area contributed by atoms with E-state index in [4.69, 9.17) is 38.9 Å². The lowest BCUT2D eigenvalue weighted by molar-refractivity contribution is -0.155. The number of primary amides is 1. The second kappa shape index (κ2) is 10.1. The van der Waals surface area contributed by atoms with E-state index in [1.54, 1.807) is 60.6 Å². The van der Waals surface area contributed by atoms with Crippen molar-refractivity contribution in [2.45, 2.75) is 31.2 Å². The van der Waals surface area contributed by atoms with Gasteiger partial charge in [-0.1, -0.05) is 36.4 Å². The molecule has 3 unspecified atom stereocenters. The molecule has 7 N–H and O–H groups in total. The molecule has 1 fully saturated rings. The van der Waals surface area contributed by atoms with E-state index >= 15 is 0 Å². The Kier molecular flexibility index (Phi) is 7.46. The predicted molar refractivity (Wildman–Crippen MR) is 132 cm³/mol. The van der Waals surface area contributed by atoms with Gasteiger partial charge in [-0.2, -0.15) is 5.10 Å². The van der Waals surface area contributed by atoms with Crippen LogP contribution in [0.5, 0.6) is 0 Å². The van der Waals surface area contributed by atoms with Crippen LogP contribution < -0.4 is 17.2 Å². The van der Waals surface area contributed by atoms with Gasteiger partial charge in [0.1, 0.15) is 11.9 Å². The molecule has 1 aliphatic rings. The first-order valence-electron chi connectivity index (χ1n) is 10.8. The van der Waals surface area contributed by atoms with Crippen molar-refractivity contribution < 1.29 is 14.3 Å². The van der Waals surface area contributed by atoms with Crippen LogP contribution in [0, 0.1) is 10.8 Å². The van der Waals surface area contributed by atoms with E-state index in [-0.39, 0.29) is 24.4 Å². The zero-order valence-electron chi connectivity index (χ0n) is 19.1. The number of halogens is 1. The number of hydrogen-bond donors (Lipinski definition) is 4.